The normalized spacial score (nSPS) is 16.3. The molecule has 0 unspecified atom stereocenters. The van der Waals surface area contributed by atoms with Crippen LogP contribution >= 0.6 is 0 Å². The van der Waals surface area contributed by atoms with E-state index in [0.717, 1.165) is 30.7 Å². The Morgan fingerprint density at radius 3 is 2.76 bits per heavy atom. The van der Waals surface area contributed by atoms with Crippen LogP contribution in [0, 0.1) is 11.8 Å². The van der Waals surface area contributed by atoms with Gasteiger partial charge in [-0.05, 0) is 36.8 Å². The van der Waals surface area contributed by atoms with E-state index < -0.39 is 0 Å². The van der Waals surface area contributed by atoms with E-state index >= 15 is 0 Å². The summed E-state index contributed by atoms with van der Waals surface area (Å²) in [6.07, 6.45) is 6.83. The molecule has 1 saturated heterocycles. The molecule has 4 nitrogen and oxygen atoms in total. The fourth-order valence-electron chi connectivity index (χ4n) is 2.96. The van der Waals surface area contributed by atoms with Gasteiger partial charge in [-0.3, -0.25) is 4.79 Å². The zero-order chi connectivity index (χ0) is 15.2. The summed E-state index contributed by atoms with van der Waals surface area (Å²) in [5.41, 5.74) is 0.681. The zero-order valence-corrected chi connectivity index (χ0v) is 13.4. The van der Waals surface area contributed by atoms with Gasteiger partial charge in [-0.25, -0.2) is 4.98 Å². The Morgan fingerprint density at radius 1 is 1.43 bits per heavy atom. The van der Waals surface area contributed by atoms with E-state index in [1.165, 1.54) is 25.7 Å². The Morgan fingerprint density at radius 2 is 2.14 bits per heavy atom. The van der Waals surface area contributed by atoms with Crippen LogP contribution in [0.25, 0.3) is 0 Å². The number of hydrogen-bond donors (Lipinski definition) is 1. The van der Waals surface area contributed by atoms with Crippen molar-refractivity contribution < 1.29 is 4.79 Å². The average molecular weight is 289 g/mol. The highest BCUT2D eigenvalue weighted by atomic mass is 16.1. The number of rotatable bonds is 5. The third-order valence-electron chi connectivity index (χ3n) is 4.32. The highest BCUT2D eigenvalue weighted by Gasteiger charge is 2.23. The fourth-order valence-corrected chi connectivity index (χ4v) is 2.96. The first kappa shape index (κ1) is 15.8. The summed E-state index contributed by atoms with van der Waals surface area (Å²) in [4.78, 5) is 18.6. The molecule has 0 aliphatic carbocycles. The zero-order valence-electron chi connectivity index (χ0n) is 13.4. The van der Waals surface area contributed by atoms with Crippen LogP contribution in [0.5, 0.6) is 0 Å². The molecule has 1 aliphatic heterocycles. The second-order valence-corrected chi connectivity index (χ2v) is 6.36. The highest BCUT2D eigenvalue weighted by Crippen LogP contribution is 2.27. The van der Waals surface area contributed by atoms with Crippen LogP contribution < -0.4 is 10.2 Å². The van der Waals surface area contributed by atoms with Crippen LogP contribution in [0.4, 0.5) is 5.82 Å². The highest BCUT2D eigenvalue weighted by molar-refractivity contribution is 5.98. The standard InChI is InChI=1S/C17H27N3O/c1-13(2)6-7-14-8-11-20(12-9-14)16-15(17(21)18-3)5-4-10-19-16/h4-5,10,13-14H,6-9,11-12H2,1-3H3,(H,18,21). The molecule has 0 bridgehead atoms. The number of carbonyl (C=O) groups excluding carboxylic acids is 1. The van der Waals surface area contributed by atoms with Gasteiger partial charge in [0, 0.05) is 26.3 Å². The van der Waals surface area contributed by atoms with Gasteiger partial charge in [-0.2, -0.15) is 0 Å². The van der Waals surface area contributed by atoms with Crippen LogP contribution in [0.3, 0.4) is 0 Å². The Balaban J connectivity index is 1.98. The predicted octanol–water partition coefficient (Wildman–Crippen LogP) is 3.09. The monoisotopic (exact) mass is 289 g/mol. The van der Waals surface area contributed by atoms with Gasteiger partial charge in [0.15, 0.2) is 0 Å². The second-order valence-electron chi connectivity index (χ2n) is 6.36. The minimum atomic E-state index is -0.0555. The molecule has 0 aromatic carbocycles. The van der Waals surface area contributed by atoms with E-state index in [9.17, 15) is 4.79 Å². The maximum atomic E-state index is 11.9. The molecule has 1 amide bonds. The third-order valence-corrected chi connectivity index (χ3v) is 4.32. The largest absolute Gasteiger partial charge is 0.356 e. The number of carbonyl (C=O) groups is 1. The lowest BCUT2D eigenvalue weighted by molar-refractivity contribution is 0.0963. The van der Waals surface area contributed by atoms with Crippen molar-refractivity contribution in [2.75, 3.05) is 25.0 Å². The smallest absolute Gasteiger partial charge is 0.254 e. The Kier molecular flexibility index (Phi) is 5.59. The summed E-state index contributed by atoms with van der Waals surface area (Å²) in [7, 11) is 1.66. The number of anilines is 1. The van der Waals surface area contributed by atoms with Gasteiger partial charge in [0.05, 0.1) is 5.56 Å². The number of hydrogen-bond acceptors (Lipinski definition) is 3. The first-order chi connectivity index (χ1) is 10.1. The molecule has 1 aromatic heterocycles. The molecule has 4 heteroatoms. The van der Waals surface area contributed by atoms with Gasteiger partial charge in [-0.1, -0.05) is 26.7 Å². The molecule has 116 valence electrons. The summed E-state index contributed by atoms with van der Waals surface area (Å²) in [6.45, 7) is 6.59. The van der Waals surface area contributed by atoms with E-state index in [-0.39, 0.29) is 5.91 Å². The molecule has 2 heterocycles. The molecule has 21 heavy (non-hydrogen) atoms. The van der Waals surface area contributed by atoms with E-state index in [1.54, 1.807) is 13.2 Å². The summed E-state index contributed by atoms with van der Waals surface area (Å²) in [5.74, 6) is 2.40. The first-order valence-corrected chi connectivity index (χ1v) is 8.04. The maximum absolute atomic E-state index is 11.9. The number of piperidine rings is 1. The first-order valence-electron chi connectivity index (χ1n) is 8.04. The van der Waals surface area contributed by atoms with Crippen molar-refractivity contribution in [3.63, 3.8) is 0 Å². The summed E-state index contributed by atoms with van der Waals surface area (Å²) < 4.78 is 0. The van der Waals surface area contributed by atoms with Crippen LogP contribution in [0.1, 0.15) is 49.9 Å². The van der Waals surface area contributed by atoms with Crippen molar-refractivity contribution in [2.24, 2.45) is 11.8 Å². The molecule has 0 radical (unpaired) electrons. The minimum Gasteiger partial charge on any atom is -0.356 e. The van der Waals surface area contributed by atoms with Gasteiger partial charge in [0.25, 0.3) is 5.91 Å². The molecule has 1 fully saturated rings. The Bertz CT molecular complexity index is 465. The van der Waals surface area contributed by atoms with Crippen molar-refractivity contribution in [1.29, 1.82) is 0 Å². The lowest BCUT2D eigenvalue weighted by Crippen LogP contribution is -2.36. The molecular weight excluding hydrogens is 262 g/mol. The predicted molar refractivity (Wildman–Crippen MR) is 86.6 cm³/mol. The summed E-state index contributed by atoms with van der Waals surface area (Å²) in [5, 5.41) is 2.70. The van der Waals surface area contributed by atoms with E-state index in [2.05, 4.69) is 29.0 Å². The quantitative estimate of drug-likeness (QED) is 0.906. The molecule has 2 rings (SSSR count). The molecule has 1 aromatic rings. The van der Waals surface area contributed by atoms with Crippen LogP contribution in [0.15, 0.2) is 18.3 Å². The van der Waals surface area contributed by atoms with Crippen LogP contribution in [-0.4, -0.2) is 31.0 Å². The molecule has 0 spiro atoms. The van der Waals surface area contributed by atoms with E-state index in [4.69, 9.17) is 0 Å². The van der Waals surface area contributed by atoms with Gasteiger partial charge < -0.3 is 10.2 Å². The van der Waals surface area contributed by atoms with Gasteiger partial charge >= 0.3 is 0 Å². The Hall–Kier alpha value is -1.58. The van der Waals surface area contributed by atoms with Crippen molar-refractivity contribution >= 4 is 11.7 Å². The fraction of sp³-hybridized carbons (Fsp3) is 0.647. The minimum absolute atomic E-state index is 0.0555. The van der Waals surface area contributed by atoms with Crippen molar-refractivity contribution in [3.8, 4) is 0 Å². The van der Waals surface area contributed by atoms with E-state index in [0.29, 0.717) is 5.56 Å². The second kappa shape index (κ2) is 7.43. The van der Waals surface area contributed by atoms with Crippen molar-refractivity contribution in [1.82, 2.24) is 10.3 Å². The lowest BCUT2D eigenvalue weighted by Gasteiger charge is -2.33. The number of amides is 1. The van der Waals surface area contributed by atoms with Crippen LogP contribution in [0.2, 0.25) is 0 Å². The van der Waals surface area contributed by atoms with Gasteiger partial charge in [-0.15, -0.1) is 0 Å². The third kappa shape index (κ3) is 4.19. The average Bonchev–Trinajstić information content (AvgIpc) is 2.52. The lowest BCUT2D eigenvalue weighted by atomic mass is 9.89. The van der Waals surface area contributed by atoms with Crippen LogP contribution in [-0.2, 0) is 0 Å². The molecule has 1 N–H and O–H groups in total. The molecule has 0 atom stereocenters. The summed E-state index contributed by atoms with van der Waals surface area (Å²) >= 11 is 0. The number of pyridine rings is 1. The Labute approximate surface area is 127 Å². The van der Waals surface area contributed by atoms with E-state index in [1.807, 2.05) is 12.1 Å². The molecular formula is C17H27N3O. The topological polar surface area (TPSA) is 45.2 Å². The molecule has 0 saturated carbocycles. The van der Waals surface area contributed by atoms with Gasteiger partial charge in [0.2, 0.25) is 0 Å². The molecule has 1 aliphatic rings. The van der Waals surface area contributed by atoms with Crippen molar-refractivity contribution in [2.45, 2.75) is 39.5 Å². The maximum Gasteiger partial charge on any atom is 0.254 e. The van der Waals surface area contributed by atoms with Crippen molar-refractivity contribution in [3.05, 3.63) is 23.9 Å². The SMILES string of the molecule is CNC(=O)c1cccnc1N1CCC(CCC(C)C)CC1. The number of aromatic nitrogens is 1. The summed E-state index contributed by atoms with van der Waals surface area (Å²) in [6, 6.07) is 3.68. The van der Waals surface area contributed by atoms with Gasteiger partial charge in [0.1, 0.15) is 5.82 Å². The number of nitrogens with one attached hydrogen (secondary N) is 1. The number of nitrogens with zero attached hydrogens (tertiary/aromatic N) is 2.